The molecule has 96 valence electrons. The van der Waals surface area contributed by atoms with E-state index >= 15 is 0 Å². The van der Waals surface area contributed by atoms with Crippen LogP contribution in [0.25, 0.3) is 0 Å². The summed E-state index contributed by atoms with van der Waals surface area (Å²) in [5.41, 5.74) is 0. The van der Waals surface area contributed by atoms with Crippen LogP contribution >= 0.6 is 34.8 Å². The molecule has 17 heavy (non-hydrogen) atoms. The molecule has 0 aromatic carbocycles. The first kappa shape index (κ1) is 14.8. The van der Waals surface area contributed by atoms with Gasteiger partial charge in [-0.3, -0.25) is 0 Å². The summed E-state index contributed by atoms with van der Waals surface area (Å²) in [4.78, 5) is 6.19. The molecule has 0 fully saturated rings. The van der Waals surface area contributed by atoms with Crippen LogP contribution in [0.1, 0.15) is 13.8 Å². The number of halogens is 3. The van der Waals surface area contributed by atoms with E-state index in [-0.39, 0.29) is 5.15 Å². The average molecular weight is 298 g/mol. The summed E-state index contributed by atoms with van der Waals surface area (Å²) in [6.45, 7) is 6.79. The number of likely N-dealkylation sites (N-methyl/N-ethyl adjacent to an activating group) is 1. The molecule has 0 unspecified atom stereocenters. The Kier molecular flexibility index (Phi) is 6.34. The lowest BCUT2D eigenvalue weighted by atomic mass is 10.4. The van der Waals surface area contributed by atoms with Crippen LogP contribution < -0.4 is 4.90 Å². The number of hydrogen-bond acceptors (Lipinski definition) is 3. The Morgan fingerprint density at radius 1 is 1.24 bits per heavy atom. The highest BCUT2D eigenvalue weighted by molar-refractivity contribution is 6.42. The summed E-state index contributed by atoms with van der Waals surface area (Å²) < 4.78 is 5.31. The van der Waals surface area contributed by atoms with E-state index in [2.05, 4.69) is 4.98 Å². The van der Waals surface area contributed by atoms with Crippen molar-refractivity contribution in [1.82, 2.24) is 4.98 Å². The van der Waals surface area contributed by atoms with E-state index in [1.807, 2.05) is 18.7 Å². The van der Waals surface area contributed by atoms with Gasteiger partial charge in [-0.15, -0.1) is 0 Å². The fourth-order valence-electron chi connectivity index (χ4n) is 1.39. The lowest BCUT2D eigenvalue weighted by molar-refractivity contribution is 0.154. The molecule has 3 nitrogen and oxygen atoms in total. The van der Waals surface area contributed by atoms with Crippen molar-refractivity contribution in [2.24, 2.45) is 0 Å². The molecule has 0 saturated carbocycles. The molecule has 0 spiro atoms. The second-order valence-electron chi connectivity index (χ2n) is 3.34. The van der Waals surface area contributed by atoms with Gasteiger partial charge in [0.25, 0.3) is 0 Å². The molecule has 0 N–H and O–H groups in total. The zero-order valence-electron chi connectivity index (χ0n) is 9.84. The standard InChI is InChI=1S/C11H15Cl3N2O/c1-3-16(5-6-17-4-2)11-9(13)7-8(12)10(14)15-11/h7H,3-6H2,1-2H3. The molecule has 1 aromatic heterocycles. The van der Waals surface area contributed by atoms with Gasteiger partial charge >= 0.3 is 0 Å². The van der Waals surface area contributed by atoms with E-state index in [1.54, 1.807) is 6.07 Å². The third-order valence-electron chi connectivity index (χ3n) is 2.26. The number of pyridine rings is 1. The predicted octanol–water partition coefficient (Wildman–Crippen LogP) is 3.90. The Bertz CT molecular complexity index is 374. The van der Waals surface area contributed by atoms with Gasteiger partial charge in [-0.05, 0) is 19.9 Å². The van der Waals surface area contributed by atoms with Crippen LogP contribution in [-0.4, -0.2) is 31.3 Å². The molecule has 6 heteroatoms. The van der Waals surface area contributed by atoms with E-state index in [1.165, 1.54) is 0 Å². The van der Waals surface area contributed by atoms with Gasteiger partial charge < -0.3 is 9.64 Å². The molecule has 0 radical (unpaired) electrons. The monoisotopic (exact) mass is 296 g/mol. The number of anilines is 1. The van der Waals surface area contributed by atoms with Crippen molar-refractivity contribution < 1.29 is 4.74 Å². The molecule has 0 bridgehead atoms. The number of aromatic nitrogens is 1. The molecular formula is C11H15Cl3N2O. The molecule has 1 heterocycles. The van der Waals surface area contributed by atoms with E-state index in [9.17, 15) is 0 Å². The van der Waals surface area contributed by atoms with Crippen molar-refractivity contribution in [2.45, 2.75) is 13.8 Å². The highest BCUT2D eigenvalue weighted by atomic mass is 35.5. The summed E-state index contributed by atoms with van der Waals surface area (Å²) in [6.07, 6.45) is 0. The van der Waals surface area contributed by atoms with Crippen molar-refractivity contribution in [1.29, 1.82) is 0 Å². The summed E-state index contributed by atoms with van der Waals surface area (Å²) in [5, 5.41) is 1.12. The zero-order chi connectivity index (χ0) is 12.8. The van der Waals surface area contributed by atoms with Crippen molar-refractivity contribution in [3.63, 3.8) is 0 Å². The molecule has 1 aromatic rings. The highest BCUT2D eigenvalue weighted by Gasteiger charge is 2.13. The Morgan fingerprint density at radius 2 is 1.94 bits per heavy atom. The SMILES string of the molecule is CCOCCN(CC)c1nc(Cl)c(Cl)cc1Cl. The second-order valence-corrected chi connectivity index (χ2v) is 4.52. The predicted molar refractivity (Wildman–Crippen MR) is 73.6 cm³/mol. The van der Waals surface area contributed by atoms with E-state index in [0.717, 1.165) is 13.1 Å². The first-order valence-corrected chi connectivity index (χ1v) is 6.57. The summed E-state index contributed by atoms with van der Waals surface area (Å²) in [5.74, 6) is 0.642. The number of nitrogens with zero attached hydrogens (tertiary/aromatic N) is 2. The van der Waals surface area contributed by atoms with Gasteiger partial charge in [0.05, 0.1) is 16.7 Å². The summed E-state index contributed by atoms with van der Waals surface area (Å²) >= 11 is 17.8. The molecule has 0 aliphatic heterocycles. The Balaban J connectivity index is 2.84. The largest absolute Gasteiger partial charge is 0.380 e. The molecule has 0 aliphatic carbocycles. The van der Waals surface area contributed by atoms with Gasteiger partial charge in [0.15, 0.2) is 0 Å². The van der Waals surface area contributed by atoms with Gasteiger partial charge in [0, 0.05) is 19.7 Å². The van der Waals surface area contributed by atoms with Crippen molar-refractivity contribution in [3.05, 3.63) is 21.3 Å². The summed E-state index contributed by atoms with van der Waals surface area (Å²) in [6, 6.07) is 1.61. The molecule has 0 aliphatic rings. The highest BCUT2D eigenvalue weighted by Crippen LogP contribution is 2.30. The van der Waals surface area contributed by atoms with Crippen LogP contribution in [0.2, 0.25) is 15.2 Å². The smallest absolute Gasteiger partial charge is 0.150 e. The maximum absolute atomic E-state index is 6.10. The number of hydrogen-bond donors (Lipinski definition) is 0. The van der Waals surface area contributed by atoms with Crippen LogP contribution in [0.15, 0.2) is 6.07 Å². The normalized spacial score (nSPS) is 10.6. The maximum atomic E-state index is 6.10. The van der Waals surface area contributed by atoms with Gasteiger partial charge in [-0.2, -0.15) is 0 Å². The second kappa shape index (κ2) is 7.27. The fourth-order valence-corrected chi connectivity index (χ4v) is 2.00. The lowest BCUT2D eigenvalue weighted by Gasteiger charge is -2.23. The Labute approximate surface area is 117 Å². The van der Waals surface area contributed by atoms with Gasteiger partial charge in [-0.25, -0.2) is 4.98 Å². The number of ether oxygens (including phenoxy) is 1. The Morgan fingerprint density at radius 3 is 2.53 bits per heavy atom. The third-order valence-corrected chi connectivity index (χ3v) is 3.21. The fraction of sp³-hybridized carbons (Fsp3) is 0.545. The molecule has 0 saturated heterocycles. The van der Waals surface area contributed by atoms with E-state index < -0.39 is 0 Å². The molecule has 1 rings (SSSR count). The third kappa shape index (κ3) is 4.18. The Hall–Kier alpha value is -0.220. The van der Waals surface area contributed by atoms with Crippen molar-refractivity contribution in [3.8, 4) is 0 Å². The average Bonchev–Trinajstić information content (AvgIpc) is 2.30. The van der Waals surface area contributed by atoms with Crippen LogP contribution in [-0.2, 0) is 4.74 Å². The number of rotatable bonds is 6. The van der Waals surface area contributed by atoms with Crippen LogP contribution in [0, 0.1) is 0 Å². The summed E-state index contributed by atoms with van der Waals surface area (Å²) in [7, 11) is 0. The lowest BCUT2D eigenvalue weighted by Crippen LogP contribution is -2.28. The maximum Gasteiger partial charge on any atom is 0.150 e. The first-order valence-electron chi connectivity index (χ1n) is 5.44. The molecular weight excluding hydrogens is 282 g/mol. The van der Waals surface area contributed by atoms with Crippen molar-refractivity contribution >= 4 is 40.6 Å². The van der Waals surface area contributed by atoms with Crippen LogP contribution in [0.5, 0.6) is 0 Å². The van der Waals surface area contributed by atoms with E-state index in [4.69, 9.17) is 39.5 Å². The molecule has 0 amide bonds. The van der Waals surface area contributed by atoms with Crippen LogP contribution in [0.3, 0.4) is 0 Å². The first-order chi connectivity index (χ1) is 8.10. The van der Waals surface area contributed by atoms with E-state index in [0.29, 0.717) is 29.1 Å². The quantitative estimate of drug-likeness (QED) is 0.588. The van der Waals surface area contributed by atoms with Gasteiger partial charge in [0.1, 0.15) is 11.0 Å². The zero-order valence-corrected chi connectivity index (χ0v) is 12.1. The van der Waals surface area contributed by atoms with Gasteiger partial charge in [0.2, 0.25) is 0 Å². The molecule has 0 atom stereocenters. The minimum absolute atomic E-state index is 0.265. The topological polar surface area (TPSA) is 25.4 Å². The minimum atomic E-state index is 0.265. The minimum Gasteiger partial charge on any atom is -0.380 e. The van der Waals surface area contributed by atoms with Crippen molar-refractivity contribution in [2.75, 3.05) is 31.2 Å². The van der Waals surface area contributed by atoms with Gasteiger partial charge in [-0.1, -0.05) is 34.8 Å². The van der Waals surface area contributed by atoms with Crippen LogP contribution in [0.4, 0.5) is 5.82 Å².